The van der Waals surface area contributed by atoms with Gasteiger partial charge < -0.3 is 5.11 Å². The molecule has 4 saturated carbocycles. The van der Waals surface area contributed by atoms with E-state index in [4.69, 9.17) is 0 Å². The minimum Gasteiger partial charge on any atom is -0.393 e. The Labute approximate surface area is 207 Å². The zero-order chi connectivity index (χ0) is 24.8. The lowest BCUT2D eigenvalue weighted by atomic mass is 9.38. The van der Waals surface area contributed by atoms with E-state index in [1.807, 2.05) is 0 Å². The minimum absolute atomic E-state index is 0.0107. The molecule has 0 spiro atoms. The molecule has 0 aromatic heterocycles. The number of Topliss-reactive ketones (excluding diaryl/α,β-unsaturated/α-hetero) is 1. The SMILES string of the molecule is CC1C(O)CCC2(C)C1CCC1(C)C3CCC4(C)CCC(C(=O)C(C)(C)C)CC4C3=CC(=O)C12. The molecule has 0 aliphatic heterocycles. The molecule has 5 aliphatic rings. The first-order chi connectivity index (χ1) is 15.7. The highest BCUT2D eigenvalue weighted by Gasteiger charge is 2.64. The maximum Gasteiger partial charge on any atom is 0.159 e. The summed E-state index contributed by atoms with van der Waals surface area (Å²) in [5, 5.41) is 10.6. The van der Waals surface area contributed by atoms with Crippen LogP contribution in [0.2, 0.25) is 0 Å². The molecule has 0 amide bonds. The lowest BCUT2D eigenvalue weighted by Gasteiger charge is -2.65. The van der Waals surface area contributed by atoms with Crippen LogP contribution < -0.4 is 0 Å². The van der Waals surface area contributed by atoms with Crippen molar-refractivity contribution < 1.29 is 14.7 Å². The summed E-state index contributed by atoms with van der Waals surface area (Å²) in [5.41, 5.74) is 1.34. The molecular weight excluding hydrogens is 420 g/mol. The molecule has 4 fully saturated rings. The summed E-state index contributed by atoms with van der Waals surface area (Å²) in [6.45, 7) is 15.6. The molecular formula is C31H48O3. The van der Waals surface area contributed by atoms with Gasteiger partial charge in [-0.3, -0.25) is 9.59 Å². The zero-order valence-electron chi connectivity index (χ0n) is 22.7. The third-order valence-corrected chi connectivity index (χ3v) is 12.1. The van der Waals surface area contributed by atoms with Gasteiger partial charge >= 0.3 is 0 Å². The number of hydrogen-bond acceptors (Lipinski definition) is 3. The number of ketones is 2. The van der Waals surface area contributed by atoms with Crippen LogP contribution in [0.5, 0.6) is 0 Å². The van der Waals surface area contributed by atoms with Gasteiger partial charge in [-0.25, -0.2) is 0 Å². The maximum absolute atomic E-state index is 14.1. The van der Waals surface area contributed by atoms with Gasteiger partial charge in [-0.05, 0) is 104 Å². The predicted molar refractivity (Wildman–Crippen MR) is 136 cm³/mol. The smallest absolute Gasteiger partial charge is 0.159 e. The van der Waals surface area contributed by atoms with Crippen molar-refractivity contribution in [3.63, 3.8) is 0 Å². The van der Waals surface area contributed by atoms with Gasteiger partial charge in [0.1, 0.15) is 5.78 Å². The fourth-order valence-corrected chi connectivity index (χ4v) is 10.2. The van der Waals surface area contributed by atoms with Crippen molar-refractivity contribution in [1.29, 1.82) is 0 Å². The van der Waals surface area contributed by atoms with E-state index >= 15 is 0 Å². The van der Waals surface area contributed by atoms with Crippen molar-refractivity contribution in [1.82, 2.24) is 0 Å². The van der Waals surface area contributed by atoms with E-state index in [1.165, 1.54) is 18.4 Å². The standard InChI is InChI=1S/C31H48O3/c1-18-21-10-14-31(7)22-9-13-29(5)12-8-19(27(34)28(2,3)4)16-23(29)20(22)17-25(33)26(31)30(21,6)15-11-24(18)32/h17-19,21-24,26,32H,8-16H2,1-7H3. The van der Waals surface area contributed by atoms with Crippen LogP contribution in [0, 0.1) is 57.2 Å². The molecule has 3 heteroatoms. The fraction of sp³-hybridized carbons (Fsp3) is 0.871. The van der Waals surface area contributed by atoms with Gasteiger partial charge in [0.25, 0.3) is 0 Å². The Morgan fingerprint density at radius 2 is 1.59 bits per heavy atom. The fourth-order valence-electron chi connectivity index (χ4n) is 10.2. The minimum atomic E-state index is -0.296. The van der Waals surface area contributed by atoms with Gasteiger partial charge in [0.15, 0.2) is 5.78 Å². The van der Waals surface area contributed by atoms with Gasteiger partial charge in [0, 0.05) is 17.3 Å². The first kappa shape index (κ1) is 24.7. The molecule has 10 unspecified atom stereocenters. The number of aliphatic hydroxyl groups excluding tert-OH is 1. The van der Waals surface area contributed by atoms with E-state index in [2.05, 4.69) is 54.5 Å². The van der Waals surface area contributed by atoms with Crippen molar-refractivity contribution in [3.8, 4) is 0 Å². The quantitative estimate of drug-likeness (QED) is 0.462. The zero-order valence-corrected chi connectivity index (χ0v) is 22.7. The number of aliphatic hydroxyl groups is 1. The summed E-state index contributed by atoms with van der Waals surface area (Å²) in [7, 11) is 0. The van der Waals surface area contributed by atoms with Crippen LogP contribution >= 0.6 is 0 Å². The molecule has 5 rings (SSSR count). The Kier molecular flexibility index (Phi) is 5.65. The summed E-state index contributed by atoms with van der Waals surface area (Å²) in [4.78, 5) is 27.3. The normalized spacial score (nSPS) is 50.9. The van der Waals surface area contributed by atoms with Crippen LogP contribution in [0.4, 0.5) is 0 Å². The van der Waals surface area contributed by atoms with Crippen LogP contribution in [-0.4, -0.2) is 22.8 Å². The Hall–Kier alpha value is -0.960. The van der Waals surface area contributed by atoms with E-state index < -0.39 is 0 Å². The number of hydrogen-bond donors (Lipinski definition) is 1. The van der Waals surface area contributed by atoms with Crippen molar-refractivity contribution in [3.05, 3.63) is 11.6 Å². The van der Waals surface area contributed by atoms with E-state index in [0.717, 1.165) is 44.9 Å². The van der Waals surface area contributed by atoms with Crippen molar-refractivity contribution in [2.24, 2.45) is 57.2 Å². The van der Waals surface area contributed by atoms with Gasteiger partial charge in [-0.1, -0.05) is 54.0 Å². The van der Waals surface area contributed by atoms with Gasteiger partial charge in [0.2, 0.25) is 0 Å². The summed E-state index contributed by atoms with van der Waals surface area (Å²) >= 11 is 0. The third kappa shape index (κ3) is 3.38. The molecule has 34 heavy (non-hydrogen) atoms. The monoisotopic (exact) mass is 468 g/mol. The van der Waals surface area contributed by atoms with E-state index in [-0.39, 0.29) is 45.5 Å². The van der Waals surface area contributed by atoms with Crippen molar-refractivity contribution in [2.75, 3.05) is 0 Å². The Balaban J connectivity index is 1.52. The number of carbonyl (C=O) groups excluding carboxylic acids is 2. The average molecular weight is 469 g/mol. The number of allylic oxidation sites excluding steroid dienone is 2. The number of fused-ring (bicyclic) bond motifs is 7. The largest absolute Gasteiger partial charge is 0.393 e. The van der Waals surface area contributed by atoms with Gasteiger partial charge in [-0.2, -0.15) is 0 Å². The Morgan fingerprint density at radius 1 is 0.941 bits per heavy atom. The first-order valence-electron chi connectivity index (χ1n) is 14.2. The Morgan fingerprint density at radius 3 is 2.26 bits per heavy atom. The molecule has 5 aliphatic carbocycles. The van der Waals surface area contributed by atoms with Crippen LogP contribution in [0.1, 0.15) is 106 Å². The summed E-state index contributed by atoms with van der Waals surface area (Å²) in [6.07, 6.45) is 11.4. The second-order valence-corrected chi connectivity index (χ2v) is 15.0. The molecule has 10 atom stereocenters. The molecule has 0 aromatic rings. The molecule has 1 N–H and O–H groups in total. The molecule has 3 nitrogen and oxygen atoms in total. The lowest BCUT2D eigenvalue weighted by molar-refractivity contribution is -0.169. The molecule has 0 heterocycles. The van der Waals surface area contributed by atoms with E-state index in [9.17, 15) is 14.7 Å². The molecule has 0 saturated heterocycles. The second-order valence-electron chi connectivity index (χ2n) is 15.0. The first-order valence-corrected chi connectivity index (χ1v) is 14.2. The molecule has 0 bridgehead atoms. The lowest BCUT2D eigenvalue weighted by Crippen LogP contribution is -2.62. The van der Waals surface area contributed by atoms with Gasteiger partial charge in [0.05, 0.1) is 6.10 Å². The van der Waals surface area contributed by atoms with E-state index in [0.29, 0.717) is 29.3 Å². The maximum atomic E-state index is 14.1. The van der Waals surface area contributed by atoms with Gasteiger partial charge in [-0.15, -0.1) is 0 Å². The van der Waals surface area contributed by atoms with Crippen LogP contribution in [0.15, 0.2) is 11.6 Å². The van der Waals surface area contributed by atoms with Crippen LogP contribution in [0.25, 0.3) is 0 Å². The molecule has 0 aromatic carbocycles. The third-order valence-electron chi connectivity index (χ3n) is 12.1. The average Bonchev–Trinajstić information content (AvgIpc) is 2.74. The van der Waals surface area contributed by atoms with Crippen LogP contribution in [0.3, 0.4) is 0 Å². The van der Waals surface area contributed by atoms with Crippen LogP contribution in [-0.2, 0) is 9.59 Å². The predicted octanol–water partition coefficient (Wildman–Crippen LogP) is 6.77. The summed E-state index contributed by atoms with van der Waals surface area (Å²) in [5.74, 6) is 2.52. The topological polar surface area (TPSA) is 54.4 Å². The number of rotatable bonds is 1. The summed E-state index contributed by atoms with van der Waals surface area (Å²) < 4.78 is 0. The molecule has 0 radical (unpaired) electrons. The highest BCUT2D eigenvalue weighted by atomic mass is 16.3. The second kappa shape index (κ2) is 7.77. The van der Waals surface area contributed by atoms with E-state index in [1.54, 1.807) is 0 Å². The molecule has 190 valence electrons. The van der Waals surface area contributed by atoms with Crippen molar-refractivity contribution in [2.45, 2.75) is 112 Å². The van der Waals surface area contributed by atoms with Crippen molar-refractivity contribution >= 4 is 11.6 Å². The highest BCUT2D eigenvalue weighted by molar-refractivity contribution is 5.95. The number of carbonyl (C=O) groups is 2. The Bertz CT molecular complexity index is 910. The highest BCUT2D eigenvalue weighted by Crippen LogP contribution is 2.69. The summed E-state index contributed by atoms with van der Waals surface area (Å²) in [6, 6.07) is 0.